The number of Topliss-reactive ketones (excluding diaryl/α,β-unsaturated/α-hetero) is 1. The average molecular weight is 388 g/mol. The lowest BCUT2D eigenvalue weighted by atomic mass is 10.2. The third kappa shape index (κ3) is 6.67. The molecule has 27 heavy (non-hydrogen) atoms. The van der Waals surface area contributed by atoms with Crippen LogP contribution in [0.4, 0.5) is 5.69 Å². The summed E-state index contributed by atoms with van der Waals surface area (Å²) >= 11 is 1.31. The molecule has 2 rings (SSSR count). The highest BCUT2D eigenvalue weighted by atomic mass is 32.1. The molecular formula is C19H20N2O5S. The van der Waals surface area contributed by atoms with Crippen molar-refractivity contribution in [1.82, 2.24) is 5.32 Å². The lowest BCUT2D eigenvalue weighted by Crippen LogP contribution is -2.22. The first kappa shape index (κ1) is 20.3. The predicted molar refractivity (Wildman–Crippen MR) is 102 cm³/mol. The number of rotatable bonds is 8. The molecule has 1 heterocycles. The second-order valence-corrected chi connectivity index (χ2v) is 6.93. The third-order valence-electron chi connectivity index (χ3n) is 3.43. The molecule has 0 saturated heterocycles. The summed E-state index contributed by atoms with van der Waals surface area (Å²) in [5.41, 5.74) is 0.724. The summed E-state index contributed by atoms with van der Waals surface area (Å²) in [4.78, 5) is 47.7. The smallest absolute Gasteiger partial charge is 0.338 e. The van der Waals surface area contributed by atoms with E-state index in [0.29, 0.717) is 23.5 Å². The van der Waals surface area contributed by atoms with Gasteiger partial charge in [-0.25, -0.2) is 4.79 Å². The van der Waals surface area contributed by atoms with Gasteiger partial charge < -0.3 is 15.4 Å². The van der Waals surface area contributed by atoms with Crippen LogP contribution in [0.3, 0.4) is 0 Å². The van der Waals surface area contributed by atoms with Gasteiger partial charge in [0.05, 0.1) is 10.4 Å². The molecule has 1 aromatic carbocycles. The molecule has 0 fully saturated rings. The summed E-state index contributed by atoms with van der Waals surface area (Å²) in [7, 11) is 0. The van der Waals surface area contributed by atoms with E-state index in [1.807, 2.05) is 6.07 Å². The maximum absolute atomic E-state index is 12.2. The summed E-state index contributed by atoms with van der Waals surface area (Å²) in [5.74, 6) is -1.28. The summed E-state index contributed by atoms with van der Waals surface area (Å²) in [5, 5.41) is 5.27. The van der Waals surface area contributed by atoms with Crippen molar-refractivity contribution in [2.24, 2.45) is 0 Å². The normalized spacial score (nSPS) is 10.1. The molecule has 0 aliphatic carbocycles. The van der Waals surface area contributed by atoms with Crippen LogP contribution < -0.4 is 10.6 Å². The van der Waals surface area contributed by atoms with Gasteiger partial charge >= 0.3 is 5.97 Å². The summed E-state index contributed by atoms with van der Waals surface area (Å²) in [6, 6.07) is 9.80. The molecule has 0 aliphatic rings. The van der Waals surface area contributed by atoms with E-state index in [1.165, 1.54) is 31.3 Å². The zero-order valence-electron chi connectivity index (χ0n) is 15.0. The van der Waals surface area contributed by atoms with Crippen LogP contribution in [0.25, 0.3) is 0 Å². The standard InChI is InChI=1S/C19H20N2O5S/c1-12(22)20-9-8-16-6-7-18(27-16)17(24)11-26-19(25)14-4-3-5-15(10-14)21-13(2)23/h3-7,10H,8-9,11H2,1-2H3,(H,20,22)(H,21,23). The minimum absolute atomic E-state index is 0.0997. The molecule has 0 unspecified atom stereocenters. The Morgan fingerprint density at radius 1 is 1.04 bits per heavy atom. The zero-order valence-corrected chi connectivity index (χ0v) is 15.9. The van der Waals surface area contributed by atoms with Crippen LogP contribution in [0.2, 0.25) is 0 Å². The van der Waals surface area contributed by atoms with Crippen LogP contribution in [0.15, 0.2) is 36.4 Å². The average Bonchev–Trinajstić information content (AvgIpc) is 3.07. The molecule has 7 nitrogen and oxygen atoms in total. The van der Waals surface area contributed by atoms with E-state index in [2.05, 4.69) is 10.6 Å². The van der Waals surface area contributed by atoms with Crippen molar-refractivity contribution in [3.8, 4) is 0 Å². The molecule has 0 spiro atoms. The second kappa shape index (κ2) is 9.63. The Kier molecular flexibility index (Phi) is 7.25. The van der Waals surface area contributed by atoms with Crippen molar-refractivity contribution in [3.63, 3.8) is 0 Å². The first-order chi connectivity index (χ1) is 12.8. The minimum atomic E-state index is -0.641. The highest BCUT2D eigenvalue weighted by Gasteiger charge is 2.14. The molecular weight excluding hydrogens is 368 g/mol. The van der Waals surface area contributed by atoms with Crippen LogP contribution in [-0.2, 0) is 20.7 Å². The van der Waals surface area contributed by atoms with E-state index in [1.54, 1.807) is 24.3 Å². The fourth-order valence-electron chi connectivity index (χ4n) is 2.24. The van der Waals surface area contributed by atoms with Crippen molar-refractivity contribution in [2.75, 3.05) is 18.5 Å². The molecule has 2 N–H and O–H groups in total. The fourth-order valence-corrected chi connectivity index (χ4v) is 3.17. The molecule has 2 aromatic rings. The number of amides is 2. The van der Waals surface area contributed by atoms with Gasteiger partial charge in [0.2, 0.25) is 17.6 Å². The maximum Gasteiger partial charge on any atom is 0.338 e. The number of carbonyl (C=O) groups excluding carboxylic acids is 4. The van der Waals surface area contributed by atoms with E-state index in [-0.39, 0.29) is 29.8 Å². The zero-order chi connectivity index (χ0) is 19.8. The molecule has 1 aromatic heterocycles. The SMILES string of the molecule is CC(=O)NCCc1ccc(C(=O)COC(=O)c2cccc(NC(C)=O)c2)s1. The monoisotopic (exact) mass is 388 g/mol. The minimum Gasteiger partial charge on any atom is -0.454 e. The Labute approximate surface area is 160 Å². The largest absolute Gasteiger partial charge is 0.454 e. The van der Waals surface area contributed by atoms with Crippen molar-refractivity contribution in [3.05, 3.63) is 51.7 Å². The number of ether oxygens (including phenoxy) is 1. The molecule has 142 valence electrons. The van der Waals surface area contributed by atoms with Crippen LogP contribution in [-0.4, -0.2) is 36.7 Å². The highest BCUT2D eigenvalue weighted by molar-refractivity contribution is 7.14. The molecule has 0 aliphatic heterocycles. The molecule has 0 saturated carbocycles. The van der Waals surface area contributed by atoms with E-state index in [9.17, 15) is 19.2 Å². The third-order valence-corrected chi connectivity index (χ3v) is 4.62. The molecule has 8 heteroatoms. The molecule has 2 amide bonds. The number of benzene rings is 1. The Balaban J connectivity index is 1.88. The van der Waals surface area contributed by atoms with Gasteiger partial charge in [-0.05, 0) is 36.8 Å². The van der Waals surface area contributed by atoms with E-state index in [0.717, 1.165) is 4.88 Å². The van der Waals surface area contributed by atoms with Gasteiger partial charge in [-0.3, -0.25) is 14.4 Å². The van der Waals surface area contributed by atoms with Crippen molar-refractivity contribution in [1.29, 1.82) is 0 Å². The van der Waals surface area contributed by atoms with Gasteiger partial charge in [0.1, 0.15) is 0 Å². The molecule has 0 bridgehead atoms. The Morgan fingerprint density at radius 3 is 2.52 bits per heavy atom. The van der Waals surface area contributed by atoms with Crippen LogP contribution in [0.1, 0.15) is 38.8 Å². The van der Waals surface area contributed by atoms with Gasteiger partial charge in [0.15, 0.2) is 6.61 Å². The first-order valence-electron chi connectivity index (χ1n) is 8.26. The maximum atomic E-state index is 12.2. The summed E-state index contributed by atoms with van der Waals surface area (Å²) < 4.78 is 5.07. The van der Waals surface area contributed by atoms with Gasteiger partial charge in [-0.15, -0.1) is 11.3 Å². The van der Waals surface area contributed by atoms with Gasteiger partial charge in [0.25, 0.3) is 0 Å². The van der Waals surface area contributed by atoms with Gasteiger partial charge in [-0.2, -0.15) is 0 Å². The Hall–Kier alpha value is -3.00. The number of anilines is 1. The number of hydrogen-bond donors (Lipinski definition) is 2. The van der Waals surface area contributed by atoms with E-state index in [4.69, 9.17) is 4.74 Å². The van der Waals surface area contributed by atoms with Gasteiger partial charge in [-0.1, -0.05) is 6.07 Å². The summed E-state index contributed by atoms with van der Waals surface area (Å²) in [6.07, 6.45) is 0.632. The van der Waals surface area contributed by atoms with Gasteiger partial charge in [0, 0.05) is 31.0 Å². The van der Waals surface area contributed by atoms with E-state index < -0.39 is 5.97 Å². The number of ketones is 1. The number of esters is 1. The number of hydrogen-bond acceptors (Lipinski definition) is 6. The topological polar surface area (TPSA) is 102 Å². The first-order valence-corrected chi connectivity index (χ1v) is 9.08. The lowest BCUT2D eigenvalue weighted by molar-refractivity contribution is -0.119. The second-order valence-electron chi connectivity index (χ2n) is 5.76. The van der Waals surface area contributed by atoms with Crippen LogP contribution >= 0.6 is 11.3 Å². The summed E-state index contributed by atoms with van der Waals surface area (Å²) in [6.45, 7) is 2.96. The Morgan fingerprint density at radius 2 is 1.81 bits per heavy atom. The molecule has 0 radical (unpaired) electrons. The quantitative estimate of drug-likeness (QED) is 0.534. The van der Waals surface area contributed by atoms with Crippen LogP contribution in [0.5, 0.6) is 0 Å². The lowest BCUT2D eigenvalue weighted by Gasteiger charge is -2.06. The Bertz CT molecular complexity index is 859. The fraction of sp³-hybridized carbons (Fsp3) is 0.263. The molecule has 0 atom stereocenters. The highest BCUT2D eigenvalue weighted by Crippen LogP contribution is 2.18. The number of carbonyl (C=O) groups is 4. The van der Waals surface area contributed by atoms with Crippen LogP contribution in [0, 0.1) is 0 Å². The predicted octanol–water partition coefficient (Wildman–Crippen LogP) is 2.42. The van der Waals surface area contributed by atoms with Crippen molar-refractivity contribution >= 4 is 40.6 Å². The number of thiophene rings is 1. The van der Waals surface area contributed by atoms with Crippen molar-refractivity contribution in [2.45, 2.75) is 20.3 Å². The van der Waals surface area contributed by atoms with Crippen molar-refractivity contribution < 1.29 is 23.9 Å². The van der Waals surface area contributed by atoms with E-state index >= 15 is 0 Å². The number of nitrogens with one attached hydrogen (secondary N) is 2.